The Kier molecular flexibility index (Phi) is 5.28. The molecule has 1 aromatic carbocycles. The van der Waals surface area contributed by atoms with Crippen LogP contribution < -0.4 is 4.74 Å². The molecule has 0 aliphatic carbocycles. The van der Waals surface area contributed by atoms with Crippen molar-refractivity contribution in [3.8, 4) is 5.75 Å². The van der Waals surface area contributed by atoms with Crippen LogP contribution in [-0.4, -0.2) is 18.0 Å². The largest absolute Gasteiger partial charge is 0.573 e. The topological polar surface area (TPSA) is 26.3 Å². The van der Waals surface area contributed by atoms with E-state index >= 15 is 0 Å². The van der Waals surface area contributed by atoms with Crippen LogP contribution in [0.3, 0.4) is 0 Å². The van der Waals surface area contributed by atoms with Crippen molar-refractivity contribution in [1.82, 2.24) is 0 Å². The highest BCUT2D eigenvalue weighted by molar-refractivity contribution is 6.27. The van der Waals surface area contributed by atoms with Gasteiger partial charge in [-0.1, -0.05) is 12.1 Å². The zero-order chi connectivity index (χ0) is 13.8. The molecule has 0 aliphatic heterocycles. The number of carbonyl (C=O) groups excluding carboxylic acids is 1. The Morgan fingerprint density at radius 3 is 2.44 bits per heavy atom. The van der Waals surface area contributed by atoms with Gasteiger partial charge in [0.05, 0.1) is 11.8 Å². The van der Waals surface area contributed by atoms with Crippen molar-refractivity contribution in [3.05, 3.63) is 29.3 Å². The summed E-state index contributed by atoms with van der Waals surface area (Å²) in [5.74, 6) is -1.08. The quantitative estimate of drug-likeness (QED) is 0.776. The fourth-order valence-electron chi connectivity index (χ4n) is 1.41. The molecule has 0 saturated carbocycles. The van der Waals surface area contributed by atoms with Crippen LogP contribution >= 0.6 is 23.2 Å². The monoisotopic (exact) mass is 300 g/mol. The Labute approximate surface area is 112 Å². The summed E-state index contributed by atoms with van der Waals surface area (Å²) in [5.41, 5.74) is 0.535. The zero-order valence-electron chi connectivity index (χ0n) is 9.06. The Hall–Kier alpha value is -0.940. The van der Waals surface area contributed by atoms with Crippen LogP contribution in [0.5, 0.6) is 5.75 Å². The number of alkyl halides is 5. The molecule has 100 valence electrons. The predicted octanol–water partition coefficient (Wildman–Crippen LogP) is 3.67. The summed E-state index contributed by atoms with van der Waals surface area (Å²) in [5, 5.41) is 0. The molecule has 0 saturated heterocycles. The van der Waals surface area contributed by atoms with Gasteiger partial charge in [-0.3, -0.25) is 4.79 Å². The number of ketones is 1. The lowest BCUT2D eigenvalue weighted by molar-refractivity contribution is -0.274. The highest BCUT2D eigenvalue weighted by Crippen LogP contribution is 2.30. The molecule has 0 aromatic heterocycles. The van der Waals surface area contributed by atoms with E-state index in [1.165, 1.54) is 12.1 Å². The molecule has 0 amide bonds. The molecule has 7 heteroatoms. The van der Waals surface area contributed by atoms with Gasteiger partial charge in [-0.2, -0.15) is 0 Å². The molecule has 0 aliphatic rings. The van der Waals surface area contributed by atoms with E-state index in [1.807, 2.05) is 0 Å². The lowest BCUT2D eigenvalue weighted by atomic mass is 10.0. The molecule has 0 heterocycles. The second kappa shape index (κ2) is 6.29. The minimum Gasteiger partial charge on any atom is -0.405 e. The third kappa shape index (κ3) is 4.38. The predicted molar refractivity (Wildman–Crippen MR) is 62.1 cm³/mol. The van der Waals surface area contributed by atoms with E-state index < -0.39 is 12.1 Å². The van der Waals surface area contributed by atoms with Gasteiger partial charge in [0, 0.05) is 12.0 Å². The number of rotatable bonds is 5. The van der Waals surface area contributed by atoms with E-state index in [2.05, 4.69) is 4.74 Å². The number of hydrogen-bond acceptors (Lipinski definition) is 2. The highest BCUT2D eigenvalue weighted by atomic mass is 35.5. The first-order valence-electron chi connectivity index (χ1n) is 4.87. The van der Waals surface area contributed by atoms with Gasteiger partial charge in [0.15, 0.2) is 5.78 Å². The maximum Gasteiger partial charge on any atom is 0.573 e. The van der Waals surface area contributed by atoms with Gasteiger partial charge in [0.25, 0.3) is 0 Å². The van der Waals surface area contributed by atoms with Gasteiger partial charge < -0.3 is 4.74 Å². The van der Waals surface area contributed by atoms with Crippen molar-refractivity contribution in [2.45, 2.75) is 18.7 Å². The SMILES string of the molecule is O=C(CCl)Cc1cccc(OC(F)(F)F)c1CCl. The Morgan fingerprint density at radius 1 is 1.28 bits per heavy atom. The van der Waals surface area contributed by atoms with Crippen molar-refractivity contribution in [2.24, 2.45) is 0 Å². The van der Waals surface area contributed by atoms with Gasteiger partial charge >= 0.3 is 6.36 Å². The first-order valence-corrected chi connectivity index (χ1v) is 5.94. The lowest BCUT2D eigenvalue weighted by Gasteiger charge is -2.14. The average molecular weight is 301 g/mol. The standard InChI is InChI=1S/C11H9Cl2F3O2/c12-5-8(17)4-7-2-1-3-10(9(7)6-13)18-11(14,15)16/h1-3H,4-6H2. The molecule has 0 spiro atoms. The third-order valence-corrected chi connectivity index (χ3v) is 2.69. The van der Waals surface area contributed by atoms with Crippen molar-refractivity contribution < 1.29 is 22.7 Å². The average Bonchev–Trinajstić information content (AvgIpc) is 2.27. The van der Waals surface area contributed by atoms with E-state index in [9.17, 15) is 18.0 Å². The van der Waals surface area contributed by atoms with Crippen LogP contribution in [0.4, 0.5) is 13.2 Å². The summed E-state index contributed by atoms with van der Waals surface area (Å²) in [6.07, 6.45) is -4.86. The van der Waals surface area contributed by atoms with Crippen LogP contribution in [0.25, 0.3) is 0 Å². The highest BCUT2D eigenvalue weighted by Gasteiger charge is 2.32. The van der Waals surface area contributed by atoms with Crippen molar-refractivity contribution >= 4 is 29.0 Å². The summed E-state index contributed by atoms with van der Waals surface area (Å²) in [4.78, 5) is 11.2. The van der Waals surface area contributed by atoms with Crippen molar-refractivity contribution in [1.29, 1.82) is 0 Å². The number of ether oxygens (including phenoxy) is 1. The summed E-state index contributed by atoms with van der Waals surface area (Å²) >= 11 is 11.0. The molecule has 1 rings (SSSR count). The molecule has 0 radical (unpaired) electrons. The minimum atomic E-state index is -4.80. The van der Waals surface area contributed by atoms with Gasteiger partial charge in [-0.25, -0.2) is 0 Å². The van der Waals surface area contributed by atoms with Gasteiger partial charge in [-0.15, -0.1) is 36.4 Å². The van der Waals surface area contributed by atoms with Crippen LogP contribution in [0.1, 0.15) is 11.1 Å². The molecular formula is C11H9Cl2F3O2. The molecule has 0 unspecified atom stereocenters. The molecule has 2 nitrogen and oxygen atoms in total. The fraction of sp³-hybridized carbons (Fsp3) is 0.364. The molecule has 0 bridgehead atoms. The van der Waals surface area contributed by atoms with Crippen LogP contribution in [0.15, 0.2) is 18.2 Å². The minimum absolute atomic E-state index is 0.0688. The zero-order valence-corrected chi connectivity index (χ0v) is 10.6. The van der Waals surface area contributed by atoms with E-state index in [0.29, 0.717) is 5.56 Å². The number of benzene rings is 1. The summed E-state index contributed by atoms with van der Waals surface area (Å²) in [6, 6.07) is 4.04. The fourth-order valence-corrected chi connectivity index (χ4v) is 1.81. The van der Waals surface area contributed by atoms with Gasteiger partial charge in [0.1, 0.15) is 5.75 Å². The maximum atomic E-state index is 12.2. The Morgan fingerprint density at radius 2 is 1.94 bits per heavy atom. The van der Waals surface area contributed by atoms with E-state index in [0.717, 1.165) is 6.07 Å². The third-order valence-electron chi connectivity index (χ3n) is 2.13. The Balaban J connectivity index is 3.06. The normalized spacial score (nSPS) is 11.4. The summed E-state index contributed by atoms with van der Waals surface area (Å²) in [6.45, 7) is 0. The first kappa shape index (κ1) is 15.1. The second-order valence-electron chi connectivity index (χ2n) is 3.42. The van der Waals surface area contributed by atoms with Crippen LogP contribution in [0.2, 0.25) is 0 Å². The van der Waals surface area contributed by atoms with E-state index in [1.54, 1.807) is 0 Å². The van der Waals surface area contributed by atoms with E-state index in [4.69, 9.17) is 23.2 Å². The Bertz CT molecular complexity index is 433. The van der Waals surface area contributed by atoms with Crippen molar-refractivity contribution in [2.75, 3.05) is 5.88 Å². The van der Waals surface area contributed by atoms with Crippen molar-refractivity contribution in [3.63, 3.8) is 0 Å². The summed E-state index contributed by atoms with van der Waals surface area (Å²) in [7, 11) is 0. The molecule has 0 atom stereocenters. The summed E-state index contributed by atoms with van der Waals surface area (Å²) < 4.78 is 40.3. The molecule has 0 fully saturated rings. The molecule has 0 N–H and O–H groups in total. The van der Waals surface area contributed by atoms with Crippen LogP contribution in [-0.2, 0) is 17.1 Å². The molecule has 1 aromatic rings. The molecular weight excluding hydrogens is 292 g/mol. The number of carbonyl (C=O) groups is 1. The smallest absolute Gasteiger partial charge is 0.405 e. The lowest BCUT2D eigenvalue weighted by Crippen LogP contribution is -2.18. The van der Waals surface area contributed by atoms with Gasteiger partial charge in [-0.05, 0) is 11.6 Å². The molecule has 18 heavy (non-hydrogen) atoms. The number of hydrogen-bond donors (Lipinski definition) is 0. The first-order chi connectivity index (χ1) is 8.37. The van der Waals surface area contributed by atoms with Crippen LogP contribution in [0, 0.1) is 0 Å². The maximum absolute atomic E-state index is 12.2. The van der Waals surface area contributed by atoms with E-state index in [-0.39, 0.29) is 29.5 Å². The second-order valence-corrected chi connectivity index (χ2v) is 3.96. The number of halogens is 5. The number of Topliss-reactive ketones (excluding diaryl/α,β-unsaturated/α-hetero) is 1. The van der Waals surface area contributed by atoms with Gasteiger partial charge in [0.2, 0.25) is 0 Å².